The van der Waals surface area contributed by atoms with Crippen molar-refractivity contribution < 1.29 is 0 Å². The molecule has 0 amide bonds. The fraction of sp³-hybridized carbons (Fsp3) is 0.588. The molecule has 1 aliphatic carbocycles. The summed E-state index contributed by atoms with van der Waals surface area (Å²) in [6.07, 6.45) is 7.20. The van der Waals surface area contributed by atoms with Gasteiger partial charge >= 0.3 is 0 Å². The molecule has 3 nitrogen and oxygen atoms in total. The predicted molar refractivity (Wildman–Crippen MR) is 86.4 cm³/mol. The number of nitrogens with zero attached hydrogens (tertiary/aromatic N) is 1. The Balaban J connectivity index is 2.18. The molecule has 0 aliphatic heterocycles. The molecule has 2 rings (SSSR count). The molecule has 3 heteroatoms. The number of para-hydroxylation sites is 1. The van der Waals surface area contributed by atoms with Crippen molar-refractivity contribution in [2.45, 2.75) is 51.5 Å². The third-order valence-electron chi connectivity index (χ3n) is 4.50. The maximum atomic E-state index is 7.51. The highest BCUT2D eigenvalue weighted by Gasteiger charge is 2.29. The minimum Gasteiger partial charge on any atom is -0.388 e. The topological polar surface area (TPSA) is 53.1 Å². The van der Waals surface area contributed by atoms with E-state index in [1.807, 2.05) is 0 Å². The molecule has 2 unspecified atom stereocenters. The number of hydrogen-bond acceptors (Lipinski definition) is 2. The van der Waals surface area contributed by atoms with Crippen LogP contribution in [0.3, 0.4) is 0 Å². The number of benzene rings is 1. The Morgan fingerprint density at radius 3 is 2.60 bits per heavy atom. The molecule has 1 saturated carbocycles. The number of rotatable bonds is 6. The molecular weight excluding hydrogens is 246 g/mol. The number of hydrogen-bond donors (Lipinski definition) is 2. The molecule has 3 N–H and O–H groups in total. The summed E-state index contributed by atoms with van der Waals surface area (Å²) in [5, 5.41) is 7.51. The minimum absolute atomic E-state index is 0.287. The molecule has 2 atom stereocenters. The summed E-state index contributed by atoms with van der Waals surface area (Å²) in [5.41, 5.74) is 6.85. The molecule has 20 heavy (non-hydrogen) atoms. The smallest absolute Gasteiger partial charge is 0.0923 e. The summed E-state index contributed by atoms with van der Waals surface area (Å²) in [6.45, 7) is 3.16. The van der Waals surface area contributed by atoms with Gasteiger partial charge in [-0.1, -0.05) is 44.4 Å². The van der Waals surface area contributed by atoms with E-state index in [1.54, 1.807) is 0 Å². The van der Waals surface area contributed by atoms with Crippen LogP contribution in [0, 0.1) is 11.3 Å². The molecule has 1 aromatic carbocycles. The Hall–Kier alpha value is -1.51. The molecule has 1 aliphatic rings. The quantitative estimate of drug-likeness (QED) is 0.612. The average molecular weight is 273 g/mol. The van der Waals surface area contributed by atoms with Gasteiger partial charge in [-0.25, -0.2) is 0 Å². The normalized spacial score (nSPS) is 22.4. The minimum atomic E-state index is 0.287. The van der Waals surface area contributed by atoms with Crippen LogP contribution in [0.15, 0.2) is 30.3 Å². The first-order chi connectivity index (χ1) is 9.72. The van der Waals surface area contributed by atoms with Crippen molar-refractivity contribution in [1.29, 1.82) is 5.41 Å². The number of nitrogens with two attached hydrogens (primary N) is 1. The lowest BCUT2D eigenvalue weighted by Gasteiger charge is -2.41. The van der Waals surface area contributed by atoms with Crippen LogP contribution in [-0.2, 0) is 0 Å². The first kappa shape index (κ1) is 14.9. The summed E-state index contributed by atoms with van der Waals surface area (Å²) in [5.74, 6) is 1.06. The van der Waals surface area contributed by atoms with E-state index in [0.29, 0.717) is 12.5 Å². The van der Waals surface area contributed by atoms with Gasteiger partial charge in [0, 0.05) is 24.7 Å². The van der Waals surface area contributed by atoms with Gasteiger partial charge in [-0.2, -0.15) is 0 Å². The summed E-state index contributed by atoms with van der Waals surface area (Å²) in [6, 6.07) is 11.2. The molecule has 0 aromatic heterocycles. The van der Waals surface area contributed by atoms with E-state index >= 15 is 0 Å². The van der Waals surface area contributed by atoms with Crippen molar-refractivity contribution >= 4 is 11.5 Å². The Labute approximate surface area is 122 Å². The van der Waals surface area contributed by atoms with Gasteiger partial charge in [0.2, 0.25) is 0 Å². The highest BCUT2D eigenvalue weighted by Crippen LogP contribution is 2.33. The van der Waals surface area contributed by atoms with E-state index in [4.69, 9.17) is 11.1 Å². The van der Waals surface area contributed by atoms with E-state index in [9.17, 15) is 0 Å². The third-order valence-corrected chi connectivity index (χ3v) is 4.50. The van der Waals surface area contributed by atoms with E-state index in [1.165, 1.54) is 37.8 Å². The lowest BCUT2D eigenvalue weighted by atomic mass is 9.81. The number of nitrogens with one attached hydrogen (secondary N) is 1. The van der Waals surface area contributed by atoms with Gasteiger partial charge in [-0.3, -0.25) is 5.41 Å². The van der Waals surface area contributed by atoms with Crippen molar-refractivity contribution in [3.8, 4) is 0 Å². The van der Waals surface area contributed by atoms with Crippen LogP contribution in [0.4, 0.5) is 5.69 Å². The van der Waals surface area contributed by atoms with Gasteiger partial charge in [0.15, 0.2) is 0 Å². The summed E-state index contributed by atoms with van der Waals surface area (Å²) in [7, 11) is 0. The molecule has 0 bridgehead atoms. The maximum absolute atomic E-state index is 7.51. The second-order valence-electron chi connectivity index (χ2n) is 5.82. The Morgan fingerprint density at radius 1 is 1.25 bits per heavy atom. The Kier molecular flexibility index (Phi) is 5.45. The van der Waals surface area contributed by atoms with Crippen molar-refractivity contribution in [1.82, 2.24) is 0 Å². The number of amidine groups is 1. The Morgan fingerprint density at radius 2 is 1.95 bits per heavy atom. The fourth-order valence-corrected chi connectivity index (χ4v) is 3.42. The molecule has 1 fully saturated rings. The highest BCUT2D eigenvalue weighted by atomic mass is 15.2. The summed E-state index contributed by atoms with van der Waals surface area (Å²) < 4.78 is 0. The van der Waals surface area contributed by atoms with Crippen LogP contribution < -0.4 is 10.6 Å². The van der Waals surface area contributed by atoms with E-state index in [-0.39, 0.29) is 5.84 Å². The average Bonchev–Trinajstić information content (AvgIpc) is 2.49. The van der Waals surface area contributed by atoms with Gasteiger partial charge in [0.25, 0.3) is 0 Å². The van der Waals surface area contributed by atoms with Crippen LogP contribution in [0.2, 0.25) is 0 Å². The van der Waals surface area contributed by atoms with Crippen molar-refractivity contribution in [3.63, 3.8) is 0 Å². The molecule has 1 aromatic rings. The standard InChI is InChI=1S/C17H27N3/c1-2-14-8-6-7-11-16(14)20(13-12-17(18)19)15-9-4-3-5-10-15/h3-5,9-10,14,16H,2,6-8,11-13H2,1H3,(H3,18,19). The van der Waals surface area contributed by atoms with Crippen LogP contribution in [0.25, 0.3) is 0 Å². The van der Waals surface area contributed by atoms with Crippen LogP contribution in [0.1, 0.15) is 45.4 Å². The Bertz CT molecular complexity index is 416. The van der Waals surface area contributed by atoms with E-state index in [0.717, 1.165) is 12.5 Å². The zero-order valence-electron chi connectivity index (χ0n) is 12.5. The first-order valence-corrected chi connectivity index (χ1v) is 7.87. The van der Waals surface area contributed by atoms with E-state index < -0.39 is 0 Å². The van der Waals surface area contributed by atoms with Crippen LogP contribution in [0.5, 0.6) is 0 Å². The molecular formula is C17H27N3. The molecule has 0 heterocycles. The monoisotopic (exact) mass is 273 g/mol. The van der Waals surface area contributed by atoms with Crippen molar-refractivity contribution in [3.05, 3.63) is 30.3 Å². The second kappa shape index (κ2) is 7.32. The molecule has 110 valence electrons. The highest BCUT2D eigenvalue weighted by molar-refractivity contribution is 5.77. The number of anilines is 1. The van der Waals surface area contributed by atoms with Gasteiger partial charge in [-0.05, 0) is 30.9 Å². The SMILES string of the molecule is CCC1CCCCC1N(CCC(=N)N)c1ccccc1. The van der Waals surface area contributed by atoms with Crippen molar-refractivity contribution in [2.24, 2.45) is 11.7 Å². The molecule has 0 saturated heterocycles. The largest absolute Gasteiger partial charge is 0.388 e. The summed E-state index contributed by atoms with van der Waals surface area (Å²) in [4.78, 5) is 2.49. The van der Waals surface area contributed by atoms with Gasteiger partial charge in [0.1, 0.15) is 0 Å². The predicted octanol–water partition coefficient (Wildman–Crippen LogP) is 3.79. The van der Waals surface area contributed by atoms with Crippen LogP contribution in [-0.4, -0.2) is 18.4 Å². The molecule has 0 spiro atoms. The first-order valence-electron chi connectivity index (χ1n) is 7.87. The zero-order chi connectivity index (χ0) is 14.4. The lowest BCUT2D eigenvalue weighted by molar-refractivity contribution is 0.286. The van der Waals surface area contributed by atoms with E-state index in [2.05, 4.69) is 42.2 Å². The van der Waals surface area contributed by atoms with Gasteiger partial charge < -0.3 is 10.6 Å². The summed E-state index contributed by atoms with van der Waals surface area (Å²) >= 11 is 0. The van der Waals surface area contributed by atoms with Gasteiger partial charge in [-0.15, -0.1) is 0 Å². The zero-order valence-corrected chi connectivity index (χ0v) is 12.5. The second-order valence-corrected chi connectivity index (χ2v) is 5.82. The maximum Gasteiger partial charge on any atom is 0.0923 e. The van der Waals surface area contributed by atoms with Crippen LogP contribution >= 0.6 is 0 Å². The third kappa shape index (κ3) is 3.75. The lowest BCUT2D eigenvalue weighted by Crippen LogP contribution is -2.44. The van der Waals surface area contributed by atoms with Gasteiger partial charge in [0.05, 0.1) is 5.84 Å². The fourth-order valence-electron chi connectivity index (χ4n) is 3.42. The molecule has 0 radical (unpaired) electrons. The van der Waals surface area contributed by atoms with Crippen molar-refractivity contribution in [2.75, 3.05) is 11.4 Å².